The van der Waals surface area contributed by atoms with E-state index in [-0.39, 0.29) is 23.2 Å². The first kappa shape index (κ1) is 19.8. The molecule has 1 N–H and O–H groups in total. The van der Waals surface area contributed by atoms with Crippen molar-refractivity contribution in [3.05, 3.63) is 18.0 Å². The molecule has 2 aromatic rings. The highest BCUT2D eigenvalue weighted by atomic mass is 32.2. The van der Waals surface area contributed by atoms with Crippen LogP contribution in [0.3, 0.4) is 0 Å². The summed E-state index contributed by atoms with van der Waals surface area (Å²) < 4.78 is 43.3. The van der Waals surface area contributed by atoms with E-state index in [0.717, 1.165) is 24.3 Å². The fourth-order valence-corrected chi connectivity index (χ4v) is 4.27. The molecule has 3 rings (SSSR count). The predicted octanol–water partition coefficient (Wildman–Crippen LogP) is 3.32. The first-order chi connectivity index (χ1) is 12.7. The number of carbonyl (C=O) groups is 1. The van der Waals surface area contributed by atoms with E-state index in [1.807, 2.05) is 18.7 Å². The standard InChI is InChI=1S/C17H21F3N4O2S/c1-16(6-9-27-10-7-16)23-15(25)14-21-11-3-4-12(22-13(11)24(14)2)26-8-5-17(18,19)20/h3-4H,5-10H2,1-2H3,(H,23,25). The number of aryl methyl sites for hydroxylation is 1. The lowest BCUT2D eigenvalue weighted by Crippen LogP contribution is -2.48. The Kier molecular flexibility index (Phi) is 5.55. The van der Waals surface area contributed by atoms with Crippen LogP contribution in [0, 0.1) is 0 Å². The number of aromatic nitrogens is 3. The molecule has 0 bridgehead atoms. The average Bonchev–Trinajstić information content (AvgIpc) is 2.91. The van der Waals surface area contributed by atoms with Gasteiger partial charge in [0.25, 0.3) is 5.91 Å². The Morgan fingerprint density at radius 3 is 2.70 bits per heavy atom. The van der Waals surface area contributed by atoms with E-state index in [1.54, 1.807) is 13.1 Å². The molecule has 1 amide bonds. The lowest BCUT2D eigenvalue weighted by atomic mass is 9.95. The van der Waals surface area contributed by atoms with Gasteiger partial charge in [-0.1, -0.05) is 0 Å². The molecule has 1 aliphatic rings. The number of pyridine rings is 1. The van der Waals surface area contributed by atoms with Crippen LogP contribution in [-0.2, 0) is 7.05 Å². The third-order valence-electron chi connectivity index (χ3n) is 4.54. The maximum absolute atomic E-state index is 12.7. The molecule has 0 radical (unpaired) electrons. The number of ether oxygens (including phenoxy) is 1. The van der Waals surface area contributed by atoms with Crippen LogP contribution in [0.25, 0.3) is 11.2 Å². The van der Waals surface area contributed by atoms with E-state index >= 15 is 0 Å². The van der Waals surface area contributed by atoms with Crippen molar-refractivity contribution in [3.8, 4) is 5.88 Å². The number of carbonyl (C=O) groups excluding carboxylic acids is 1. The topological polar surface area (TPSA) is 69.0 Å². The van der Waals surface area contributed by atoms with Gasteiger partial charge in [-0.2, -0.15) is 29.9 Å². The summed E-state index contributed by atoms with van der Waals surface area (Å²) in [5, 5.41) is 3.06. The number of imidazole rings is 1. The van der Waals surface area contributed by atoms with Crippen molar-refractivity contribution < 1.29 is 22.7 Å². The van der Waals surface area contributed by atoms with Crippen molar-refractivity contribution in [1.29, 1.82) is 0 Å². The molecule has 6 nitrogen and oxygen atoms in total. The van der Waals surface area contributed by atoms with Gasteiger partial charge in [0.2, 0.25) is 11.7 Å². The zero-order valence-corrected chi connectivity index (χ0v) is 15.9. The van der Waals surface area contributed by atoms with Crippen molar-refractivity contribution >= 4 is 28.8 Å². The fraction of sp³-hybridized carbons (Fsp3) is 0.588. The first-order valence-corrected chi connectivity index (χ1v) is 9.76. The smallest absolute Gasteiger partial charge is 0.392 e. The molecule has 1 aliphatic heterocycles. The number of hydrogen-bond acceptors (Lipinski definition) is 5. The number of nitrogens with zero attached hydrogens (tertiary/aromatic N) is 3. The summed E-state index contributed by atoms with van der Waals surface area (Å²) in [5.41, 5.74) is 0.601. The summed E-state index contributed by atoms with van der Waals surface area (Å²) in [5.74, 6) is 1.99. The van der Waals surface area contributed by atoms with Crippen LogP contribution in [0.5, 0.6) is 5.88 Å². The summed E-state index contributed by atoms with van der Waals surface area (Å²) in [7, 11) is 1.65. The molecule has 3 heterocycles. The maximum Gasteiger partial charge on any atom is 0.392 e. The molecular weight excluding hydrogens is 381 g/mol. The van der Waals surface area contributed by atoms with Gasteiger partial charge in [0.1, 0.15) is 5.52 Å². The van der Waals surface area contributed by atoms with E-state index in [1.165, 1.54) is 10.6 Å². The molecule has 1 fully saturated rings. The lowest BCUT2D eigenvalue weighted by Gasteiger charge is -2.34. The summed E-state index contributed by atoms with van der Waals surface area (Å²) in [4.78, 5) is 21.2. The van der Waals surface area contributed by atoms with Crippen LogP contribution in [0.4, 0.5) is 13.2 Å². The molecule has 1 saturated heterocycles. The van der Waals surface area contributed by atoms with Gasteiger partial charge in [0.05, 0.1) is 13.0 Å². The van der Waals surface area contributed by atoms with Gasteiger partial charge in [0.15, 0.2) is 5.65 Å². The maximum atomic E-state index is 12.7. The number of rotatable bonds is 5. The molecule has 27 heavy (non-hydrogen) atoms. The number of fused-ring (bicyclic) bond motifs is 1. The van der Waals surface area contributed by atoms with Gasteiger partial charge in [-0.3, -0.25) is 4.79 Å². The molecule has 0 unspecified atom stereocenters. The average molecular weight is 402 g/mol. The quantitative estimate of drug-likeness (QED) is 0.831. The second kappa shape index (κ2) is 7.57. The minimum atomic E-state index is -4.28. The van der Waals surface area contributed by atoms with Gasteiger partial charge in [0, 0.05) is 18.7 Å². The highest BCUT2D eigenvalue weighted by Gasteiger charge is 2.31. The molecule has 0 saturated carbocycles. The van der Waals surface area contributed by atoms with E-state index < -0.39 is 19.2 Å². The van der Waals surface area contributed by atoms with E-state index in [4.69, 9.17) is 4.74 Å². The Labute approximate surface area is 158 Å². The van der Waals surface area contributed by atoms with Crippen molar-refractivity contribution in [2.24, 2.45) is 7.05 Å². The second-order valence-electron chi connectivity index (χ2n) is 6.83. The van der Waals surface area contributed by atoms with Crippen LogP contribution < -0.4 is 10.1 Å². The van der Waals surface area contributed by atoms with Gasteiger partial charge >= 0.3 is 6.18 Å². The number of halogens is 3. The lowest BCUT2D eigenvalue weighted by molar-refractivity contribution is -0.139. The fourth-order valence-electron chi connectivity index (χ4n) is 2.88. The molecular formula is C17H21F3N4O2S. The Balaban J connectivity index is 1.75. The Bertz CT molecular complexity index is 831. The van der Waals surface area contributed by atoms with Crippen molar-refractivity contribution in [1.82, 2.24) is 19.9 Å². The van der Waals surface area contributed by atoms with Crippen molar-refractivity contribution in [2.75, 3.05) is 18.1 Å². The third-order valence-corrected chi connectivity index (χ3v) is 5.53. The van der Waals surface area contributed by atoms with Gasteiger partial charge in [-0.05, 0) is 37.3 Å². The van der Waals surface area contributed by atoms with Crippen LogP contribution in [0.15, 0.2) is 12.1 Å². The van der Waals surface area contributed by atoms with Crippen molar-refractivity contribution in [2.45, 2.75) is 37.9 Å². The van der Waals surface area contributed by atoms with Crippen LogP contribution in [-0.4, -0.2) is 50.3 Å². The Morgan fingerprint density at radius 2 is 2.04 bits per heavy atom. The molecule has 0 aromatic carbocycles. The normalized spacial score (nSPS) is 17.1. The van der Waals surface area contributed by atoms with Gasteiger partial charge in [-0.15, -0.1) is 0 Å². The minimum absolute atomic E-state index is 0.0676. The van der Waals surface area contributed by atoms with E-state index in [9.17, 15) is 18.0 Å². The van der Waals surface area contributed by atoms with Crippen LogP contribution in [0.2, 0.25) is 0 Å². The molecule has 10 heteroatoms. The van der Waals surface area contributed by atoms with Crippen LogP contribution >= 0.6 is 11.8 Å². The molecule has 2 aromatic heterocycles. The summed E-state index contributed by atoms with van der Waals surface area (Å²) in [6, 6.07) is 3.04. The number of amides is 1. The zero-order chi connectivity index (χ0) is 19.7. The minimum Gasteiger partial charge on any atom is -0.477 e. The molecule has 0 atom stereocenters. The number of thioether (sulfide) groups is 1. The van der Waals surface area contributed by atoms with E-state index in [0.29, 0.717) is 11.2 Å². The summed E-state index contributed by atoms with van der Waals surface area (Å²) in [6.07, 6.45) is -3.55. The molecule has 0 spiro atoms. The van der Waals surface area contributed by atoms with Gasteiger partial charge < -0.3 is 14.6 Å². The first-order valence-electron chi connectivity index (χ1n) is 8.60. The second-order valence-corrected chi connectivity index (χ2v) is 8.05. The zero-order valence-electron chi connectivity index (χ0n) is 15.1. The monoisotopic (exact) mass is 402 g/mol. The third kappa shape index (κ3) is 4.85. The largest absolute Gasteiger partial charge is 0.477 e. The summed E-state index contributed by atoms with van der Waals surface area (Å²) in [6.45, 7) is 1.52. The van der Waals surface area contributed by atoms with Gasteiger partial charge in [-0.25, -0.2) is 4.98 Å². The Hall–Kier alpha value is -1.97. The molecule has 148 valence electrons. The SMILES string of the molecule is Cn1c(C(=O)NC2(C)CCSCC2)nc2ccc(OCCC(F)(F)F)nc21. The predicted molar refractivity (Wildman–Crippen MR) is 97.1 cm³/mol. The number of hydrogen-bond donors (Lipinski definition) is 1. The van der Waals surface area contributed by atoms with E-state index in [2.05, 4.69) is 15.3 Å². The summed E-state index contributed by atoms with van der Waals surface area (Å²) >= 11 is 1.87. The highest BCUT2D eigenvalue weighted by Crippen LogP contribution is 2.27. The number of nitrogens with one attached hydrogen (secondary N) is 1. The van der Waals surface area contributed by atoms with Crippen LogP contribution in [0.1, 0.15) is 36.8 Å². The molecule has 0 aliphatic carbocycles. The number of alkyl halides is 3. The highest BCUT2D eigenvalue weighted by molar-refractivity contribution is 7.99. The Morgan fingerprint density at radius 1 is 1.33 bits per heavy atom. The van der Waals surface area contributed by atoms with Crippen molar-refractivity contribution in [3.63, 3.8) is 0 Å².